The monoisotopic (exact) mass is 484 g/mol. The number of halogens is 1. The molecule has 0 saturated heterocycles. The van der Waals surface area contributed by atoms with E-state index in [-0.39, 0.29) is 52.0 Å². The maximum absolute atomic E-state index is 12.8. The number of hydrogen-bond donors (Lipinski definition) is 0. The number of carbonyl (C=O) groups excluding carboxylic acids is 2. The van der Waals surface area contributed by atoms with Crippen molar-refractivity contribution in [1.29, 1.82) is 0 Å². The summed E-state index contributed by atoms with van der Waals surface area (Å²) in [6.07, 6.45) is 1.50. The van der Waals surface area contributed by atoms with Crippen LogP contribution in [0.25, 0.3) is 11.0 Å². The van der Waals surface area contributed by atoms with Gasteiger partial charge in [-0.15, -0.1) is 0 Å². The van der Waals surface area contributed by atoms with E-state index in [1.165, 1.54) is 13.2 Å². The van der Waals surface area contributed by atoms with Gasteiger partial charge in [-0.3, -0.25) is 14.4 Å². The number of ether oxygens (including phenoxy) is 3. The number of benzene rings is 2. The second-order valence-corrected chi connectivity index (χ2v) is 8.72. The van der Waals surface area contributed by atoms with Crippen LogP contribution in [0, 0.1) is 12.8 Å². The van der Waals surface area contributed by atoms with Crippen LogP contribution in [0.2, 0.25) is 5.02 Å². The van der Waals surface area contributed by atoms with Gasteiger partial charge < -0.3 is 18.6 Å². The highest BCUT2D eigenvalue weighted by Crippen LogP contribution is 2.31. The van der Waals surface area contributed by atoms with Gasteiger partial charge in [-0.1, -0.05) is 23.7 Å². The third-order valence-electron chi connectivity index (χ3n) is 5.98. The molecular weight excluding hydrogens is 460 g/mol. The molecule has 8 heteroatoms. The lowest BCUT2D eigenvalue weighted by atomic mass is 9.82. The number of methoxy groups -OCH3 is 1. The van der Waals surface area contributed by atoms with E-state index in [1.54, 1.807) is 24.3 Å². The topological polar surface area (TPSA) is 92.0 Å². The van der Waals surface area contributed by atoms with E-state index in [0.717, 1.165) is 11.1 Å². The number of hydrogen-bond acceptors (Lipinski definition) is 7. The van der Waals surface area contributed by atoms with Crippen LogP contribution in [0.5, 0.6) is 5.75 Å². The van der Waals surface area contributed by atoms with Crippen LogP contribution in [0.1, 0.15) is 34.5 Å². The second kappa shape index (κ2) is 10.4. The van der Waals surface area contributed by atoms with Crippen molar-refractivity contribution in [3.8, 4) is 5.75 Å². The number of esters is 1. The van der Waals surface area contributed by atoms with Crippen molar-refractivity contribution in [1.82, 2.24) is 0 Å². The summed E-state index contributed by atoms with van der Waals surface area (Å²) in [4.78, 5) is 36.5. The van der Waals surface area contributed by atoms with Crippen molar-refractivity contribution in [3.63, 3.8) is 0 Å². The van der Waals surface area contributed by atoms with Gasteiger partial charge >= 0.3 is 5.97 Å². The lowest BCUT2D eigenvalue weighted by Crippen LogP contribution is -2.37. The zero-order valence-electron chi connectivity index (χ0n) is 19.0. The average Bonchev–Trinajstić information content (AvgIpc) is 2.79. The van der Waals surface area contributed by atoms with Gasteiger partial charge in [0, 0.05) is 12.5 Å². The molecule has 0 unspecified atom stereocenters. The molecule has 3 aromatic rings. The number of rotatable bonds is 9. The summed E-state index contributed by atoms with van der Waals surface area (Å²) in [5.74, 6) is 0.0928. The number of ketones is 1. The quantitative estimate of drug-likeness (QED) is 0.250. The Morgan fingerprint density at radius 1 is 1.12 bits per heavy atom. The summed E-state index contributed by atoms with van der Waals surface area (Å²) < 4.78 is 21.8. The molecule has 0 N–H and O–H groups in total. The molecule has 4 rings (SSSR count). The number of Topliss-reactive ketones (excluding diaryl/α,β-unsaturated/α-hetero) is 1. The maximum Gasteiger partial charge on any atom is 0.308 e. The van der Waals surface area contributed by atoms with Crippen LogP contribution in [0.15, 0.2) is 51.7 Å². The van der Waals surface area contributed by atoms with E-state index in [2.05, 4.69) is 0 Å². The highest BCUT2D eigenvalue weighted by atomic mass is 35.5. The Hall–Kier alpha value is -3.16. The molecule has 1 heterocycles. The molecule has 0 radical (unpaired) electrons. The van der Waals surface area contributed by atoms with Gasteiger partial charge in [0.05, 0.1) is 36.1 Å². The number of para-hydroxylation sites is 1. The summed E-state index contributed by atoms with van der Waals surface area (Å²) in [7, 11) is 1.39. The van der Waals surface area contributed by atoms with Crippen LogP contribution >= 0.6 is 11.6 Å². The molecule has 1 aromatic heterocycles. The van der Waals surface area contributed by atoms with Gasteiger partial charge in [-0.2, -0.15) is 0 Å². The summed E-state index contributed by atoms with van der Waals surface area (Å²) in [5.41, 5.74) is 1.59. The van der Waals surface area contributed by atoms with E-state index in [0.29, 0.717) is 37.2 Å². The molecule has 1 aliphatic carbocycles. The van der Waals surface area contributed by atoms with Gasteiger partial charge in [0.15, 0.2) is 16.8 Å². The molecule has 0 aliphatic heterocycles. The maximum atomic E-state index is 12.8. The van der Waals surface area contributed by atoms with Crippen LogP contribution in [0.4, 0.5) is 0 Å². The van der Waals surface area contributed by atoms with Gasteiger partial charge in [-0.05, 0) is 55.2 Å². The van der Waals surface area contributed by atoms with E-state index in [1.807, 2.05) is 19.1 Å². The average molecular weight is 485 g/mol. The molecule has 0 spiro atoms. The molecule has 0 atom stereocenters. The van der Waals surface area contributed by atoms with Gasteiger partial charge in [-0.25, -0.2) is 0 Å². The molecule has 0 bridgehead atoms. The Kier molecular flexibility index (Phi) is 7.34. The largest absolute Gasteiger partial charge is 0.491 e. The number of carbonyl (C=O) groups is 2. The Balaban J connectivity index is 1.31. The van der Waals surface area contributed by atoms with E-state index >= 15 is 0 Å². The minimum Gasteiger partial charge on any atom is -0.491 e. The van der Waals surface area contributed by atoms with Crippen molar-refractivity contribution in [2.75, 3.05) is 20.3 Å². The van der Waals surface area contributed by atoms with E-state index in [4.69, 9.17) is 30.2 Å². The van der Waals surface area contributed by atoms with Gasteiger partial charge in [0.25, 0.3) is 0 Å². The number of aryl methyl sites for hydroxylation is 1. The molecule has 0 amide bonds. The smallest absolute Gasteiger partial charge is 0.308 e. The van der Waals surface area contributed by atoms with Crippen molar-refractivity contribution >= 4 is 34.3 Å². The summed E-state index contributed by atoms with van der Waals surface area (Å²) in [6, 6.07) is 11.6. The highest BCUT2D eigenvalue weighted by molar-refractivity contribution is 6.34. The van der Waals surface area contributed by atoms with Gasteiger partial charge in [0.1, 0.15) is 12.4 Å². The van der Waals surface area contributed by atoms with Crippen molar-refractivity contribution in [3.05, 3.63) is 74.6 Å². The van der Waals surface area contributed by atoms with E-state index in [9.17, 15) is 14.4 Å². The summed E-state index contributed by atoms with van der Waals surface area (Å²) in [6.45, 7) is 2.68. The second-order valence-electron chi connectivity index (χ2n) is 8.31. The molecule has 1 saturated carbocycles. The Morgan fingerprint density at radius 2 is 1.91 bits per heavy atom. The molecule has 2 aromatic carbocycles. The van der Waals surface area contributed by atoms with Crippen LogP contribution in [0.3, 0.4) is 0 Å². The number of fused-ring (bicyclic) bond motifs is 1. The third-order valence-corrected chi connectivity index (χ3v) is 6.28. The third kappa shape index (κ3) is 5.32. The van der Waals surface area contributed by atoms with Crippen LogP contribution in [-0.2, 0) is 20.7 Å². The fourth-order valence-corrected chi connectivity index (χ4v) is 4.15. The lowest BCUT2D eigenvalue weighted by Gasteiger charge is -2.32. The fraction of sp³-hybridized carbons (Fsp3) is 0.346. The fourth-order valence-electron chi connectivity index (χ4n) is 3.93. The van der Waals surface area contributed by atoms with Crippen molar-refractivity contribution in [2.45, 2.75) is 32.3 Å². The Morgan fingerprint density at radius 3 is 2.65 bits per heavy atom. The molecule has 1 fully saturated rings. The van der Waals surface area contributed by atoms with Crippen molar-refractivity contribution in [2.24, 2.45) is 5.92 Å². The minimum absolute atomic E-state index is 0.0205. The first-order valence-corrected chi connectivity index (χ1v) is 11.4. The predicted molar refractivity (Wildman–Crippen MR) is 127 cm³/mol. The molecule has 178 valence electrons. The van der Waals surface area contributed by atoms with Crippen LogP contribution in [-0.4, -0.2) is 38.2 Å². The predicted octanol–water partition coefficient (Wildman–Crippen LogP) is 4.53. The Labute approximate surface area is 201 Å². The normalized spacial score (nSPS) is 17.3. The first-order chi connectivity index (χ1) is 16.4. The summed E-state index contributed by atoms with van der Waals surface area (Å²) >= 11 is 6.13. The first kappa shape index (κ1) is 24.0. The summed E-state index contributed by atoms with van der Waals surface area (Å²) in [5, 5.41) is 0.623. The first-order valence-electron chi connectivity index (χ1n) is 11.0. The molecular formula is C26H25ClO7. The molecule has 34 heavy (non-hydrogen) atoms. The Bertz CT molecular complexity index is 1270. The highest BCUT2D eigenvalue weighted by Gasteiger charge is 2.35. The van der Waals surface area contributed by atoms with Crippen LogP contribution < -0.4 is 10.2 Å². The van der Waals surface area contributed by atoms with E-state index < -0.39 is 0 Å². The van der Waals surface area contributed by atoms with Crippen molar-refractivity contribution < 1.29 is 28.2 Å². The SMILES string of the molecule is COC(=O)C1CC(OCCOc2ccc(CC(=O)c3cc(=O)c4cccc(Cl)c4o3)c(C)c2)C1. The van der Waals surface area contributed by atoms with Gasteiger partial charge in [0.2, 0.25) is 5.78 Å². The molecule has 7 nitrogen and oxygen atoms in total. The standard InChI is InChI=1S/C26H25ClO7/c1-15-10-18(32-8-9-33-19-11-17(12-19)26(30)31-2)7-6-16(15)13-23(29)24-14-22(28)20-4-3-5-21(27)25(20)34-24/h3-7,10,14,17,19H,8-9,11-13H2,1-2H3. The zero-order chi connectivity index (χ0) is 24.2. The zero-order valence-corrected chi connectivity index (χ0v) is 19.7. The molecule has 1 aliphatic rings. The lowest BCUT2D eigenvalue weighted by molar-refractivity contribution is -0.155. The minimum atomic E-state index is -0.310.